The highest BCUT2D eigenvalue weighted by molar-refractivity contribution is 5.81. The Balaban J connectivity index is 1.63. The first-order valence-corrected chi connectivity index (χ1v) is 8.36. The first kappa shape index (κ1) is 17.2. The van der Waals surface area contributed by atoms with Crippen LogP contribution in [0.25, 0.3) is 0 Å². The lowest BCUT2D eigenvalue weighted by Gasteiger charge is -2.27. The Morgan fingerprint density at radius 2 is 1.68 bits per heavy atom. The van der Waals surface area contributed by atoms with Crippen LogP contribution in [0.1, 0.15) is 38.5 Å². The molecule has 126 valence electrons. The third-order valence-corrected chi connectivity index (χ3v) is 4.60. The smallest absolute Gasteiger partial charge is 0.223 e. The van der Waals surface area contributed by atoms with Gasteiger partial charge in [-0.05, 0) is 38.5 Å². The maximum atomic E-state index is 12.2. The molecule has 1 aliphatic carbocycles. The molecule has 0 aromatic carbocycles. The van der Waals surface area contributed by atoms with Crippen molar-refractivity contribution in [2.45, 2.75) is 44.6 Å². The summed E-state index contributed by atoms with van der Waals surface area (Å²) in [5.41, 5.74) is 0. The molecule has 6 nitrogen and oxygen atoms in total. The molecule has 1 unspecified atom stereocenters. The van der Waals surface area contributed by atoms with Gasteiger partial charge in [0, 0.05) is 38.6 Å². The summed E-state index contributed by atoms with van der Waals surface area (Å²) in [5, 5.41) is 5.88. The normalized spacial score (nSPS) is 28.3. The lowest BCUT2D eigenvalue weighted by atomic mass is 9.81. The Kier molecular flexibility index (Phi) is 7.12. The zero-order chi connectivity index (χ0) is 15.8. The van der Waals surface area contributed by atoms with E-state index in [0.29, 0.717) is 19.7 Å². The van der Waals surface area contributed by atoms with Crippen molar-refractivity contribution in [3.8, 4) is 0 Å². The Morgan fingerprint density at radius 1 is 1.05 bits per heavy atom. The van der Waals surface area contributed by atoms with Gasteiger partial charge in [-0.3, -0.25) is 9.59 Å². The van der Waals surface area contributed by atoms with Gasteiger partial charge in [0.05, 0.1) is 12.7 Å². The summed E-state index contributed by atoms with van der Waals surface area (Å²) >= 11 is 0. The predicted molar refractivity (Wildman–Crippen MR) is 82.3 cm³/mol. The summed E-state index contributed by atoms with van der Waals surface area (Å²) in [6.07, 6.45) is 5.47. The monoisotopic (exact) mass is 312 g/mol. The lowest BCUT2D eigenvalue weighted by Crippen LogP contribution is -2.40. The van der Waals surface area contributed by atoms with Gasteiger partial charge >= 0.3 is 0 Å². The molecule has 2 N–H and O–H groups in total. The Morgan fingerprint density at radius 3 is 2.23 bits per heavy atom. The van der Waals surface area contributed by atoms with Crippen LogP contribution >= 0.6 is 0 Å². The van der Waals surface area contributed by atoms with Gasteiger partial charge in [0.2, 0.25) is 11.8 Å². The molecular formula is C16H28N2O4. The topological polar surface area (TPSA) is 76.7 Å². The zero-order valence-electron chi connectivity index (χ0n) is 13.4. The van der Waals surface area contributed by atoms with Crippen LogP contribution in [0.4, 0.5) is 0 Å². The average molecular weight is 312 g/mol. The van der Waals surface area contributed by atoms with Gasteiger partial charge in [0.15, 0.2) is 0 Å². The van der Waals surface area contributed by atoms with Crippen LogP contribution in [0.2, 0.25) is 0 Å². The van der Waals surface area contributed by atoms with Crippen LogP contribution in [-0.2, 0) is 19.1 Å². The molecule has 2 rings (SSSR count). The maximum absolute atomic E-state index is 12.2. The molecule has 0 bridgehead atoms. The Bertz CT molecular complexity index is 361. The number of carbonyl (C=O) groups excluding carboxylic acids is 2. The molecule has 0 aromatic rings. The molecule has 2 aliphatic rings. The summed E-state index contributed by atoms with van der Waals surface area (Å²) in [6, 6.07) is 0. The van der Waals surface area contributed by atoms with E-state index in [1.165, 1.54) is 0 Å². The SMILES string of the molecule is COCCNC(=O)C1CCC(C(=O)NCC2CCCO2)CC1. The van der Waals surface area contributed by atoms with Gasteiger partial charge in [-0.15, -0.1) is 0 Å². The summed E-state index contributed by atoms with van der Waals surface area (Å²) < 4.78 is 10.4. The minimum absolute atomic E-state index is 0.0408. The molecule has 1 heterocycles. The summed E-state index contributed by atoms with van der Waals surface area (Å²) in [4.78, 5) is 24.1. The van der Waals surface area contributed by atoms with Crippen molar-refractivity contribution in [1.82, 2.24) is 10.6 Å². The average Bonchev–Trinajstić information content (AvgIpc) is 3.06. The van der Waals surface area contributed by atoms with E-state index in [0.717, 1.165) is 45.1 Å². The molecule has 0 radical (unpaired) electrons. The van der Waals surface area contributed by atoms with E-state index in [1.807, 2.05) is 0 Å². The molecule has 2 amide bonds. The van der Waals surface area contributed by atoms with Gasteiger partial charge in [0.1, 0.15) is 0 Å². The van der Waals surface area contributed by atoms with E-state index in [9.17, 15) is 9.59 Å². The fourth-order valence-electron chi connectivity index (χ4n) is 3.20. The minimum atomic E-state index is 0.0408. The third kappa shape index (κ3) is 5.25. The largest absolute Gasteiger partial charge is 0.383 e. The van der Waals surface area contributed by atoms with E-state index in [-0.39, 0.29) is 29.8 Å². The number of hydrogen-bond acceptors (Lipinski definition) is 4. The molecule has 1 atom stereocenters. The lowest BCUT2D eigenvalue weighted by molar-refractivity contribution is -0.130. The second-order valence-electron chi connectivity index (χ2n) is 6.21. The summed E-state index contributed by atoms with van der Waals surface area (Å²) in [7, 11) is 1.62. The quantitative estimate of drug-likeness (QED) is 0.683. The molecule has 2 fully saturated rings. The molecule has 0 spiro atoms. The highest BCUT2D eigenvalue weighted by Crippen LogP contribution is 2.29. The van der Waals surface area contributed by atoms with Crippen LogP contribution in [0.15, 0.2) is 0 Å². The number of hydrogen-bond donors (Lipinski definition) is 2. The molecule has 6 heteroatoms. The van der Waals surface area contributed by atoms with E-state index in [2.05, 4.69) is 10.6 Å². The first-order valence-electron chi connectivity index (χ1n) is 8.36. The van der Waals surface area contributed by atoms with Crippen LogP contribution in [-0.4, -0.2) is 51.3 Å². The Labute approximate surface area is 132 Å². The number of nitrogens with one attached hydrogen (secondary N) is 2. The molecule has 1 aliphatic heterocycles. The highest BCUT2D eigenvalue weighted by atomic mass is 16.5. The van der Waals surface area contributed by atoms with Crippen LogP contribution < -0.4 is 10.6 Å². The molecule has 1 saturated heterocycles. The van der Waals surface area contributed by atoms with Gasteiger partial charge in [-0.1, -0.05) is 0 Å². The highest BCUT2D eigenvalue weighted by Gasteiger charge is 2.30. The summed E-state index contributed by atoms with van der Waals surface area (Å²) in [5.74, 6) is 0.299. The van der Waals surface area contributed by atoms with Crippen molar-refractivity contribution < 1.29 is 19.1 Å². The second kappa shape index (κ2) is 9.10. The van der Waals surface area contributed by atoms with Crippen molar-refractivity contribution in [2.24, 2.45) is 11.8 Å². The molecular weight excluding hydrogens is 284 g/mol. The van der Waals surface area contributed by atoms with E-state index in [1.54, 1.807) is 7.11 Å². The number of carbonyl (C=O) groups is 2. The van der Waals surface area contributed by atoms with Crippen molar-refractivity contribution in [2.75, 3.05) is 33.4 Å². The Hall–Kier alpha value is -1.14. The number of rotatable bonds is 7. The third-order valence-electron chi connectivity index (χ3n) is 4.60. The van der Waals surface area contributed by atoms with Crippen LogP contribution in [0.5, 0.6) is 0 Å². The van der Waals surface area contributed by atoms with Crippen LogP contribution in [0.3, 0.4) is 0 Å². The fraction of sp³-hybridized carbons (Fsp3) is 0.875. The van der Waals surface area contributed by atoms with Crippen LogP contribution in [0, 0.1) is 11.8 Å². The zero-order valence-corrected chi connectivity index (χ0v) is 13.4. The molecule has 22 heavy (non-hydrogen) atoms. The van der Waals surface area contributed by atoms with Crippen molar-refractivity contribution >= 4 is 11.8 Å². The van der Waals surface area contributed by atoms with Gasteiger partial charge in [0.25, 0.3) is 0 Å². The number of ether oxygens (including phenoxy) is 2. The second-order valence-corrected chi connectivity index (χ2v) is 6.21. The van der Waals surface area contributed by atoms with Gasteiger partial charge in [-0.25, -0.2) is 0 Å². The molecule has 0 aromatic heterocycles. The summed E-state index contributed by atoms with van der Waals surface area (Å²) in [6.45, 7) is 2.52. The first-order chi connectivity index (χ1) is 10.7. The van der Waals surface area contributed by atoms with E-state index in [4.69, 9.17) is 9.47 Å². The fourth-order valence-corrected chi connectivity index (χ4v) is 3.20. The van der Waals surface area contributed by atoms with E-state index >= 15 is 0 Å². The maximum Gasteiger partial charge on any atom is 0.223 e. The molecule has 1 saturated carbocycles. The minimum Gasteiger partial charge on any atom is -0.383 e. The number of amides is 2. The van der Waals surface area contributed by atoms with Crippen molar-refractivity contribution in [1.29, 1.82) is 0 Å². The van der Waals surface area contributed by atoms with Crippen molar-refractivity contribution in [3.05, 3.63) is 0 Å². The standard InChI is InChI=1S/C16H28N2O4/c1-21-10-8-17-15(19)12-4-6-13(7-5-12)16(20)18-11-14-3-2-9-22-14/h12-14H,2-11H2,1H3,(H,17,19)(H,18,20). The van der Waals surface area contributed by atoms with E-state index < -0.39 is 0 Å². The number of methoxy groups -OCH3 is 1. The van der Waals surface area contributed by atoms with Gasteiger partial charge in [-0.2, -0.15) is 0 Å². The van der Waals surface area contributed by atoms with Crippen molar-refractivity contribution in [3.63, 3.8) is 0 Å². The predicted octanol–water partition coefficient (Wildman–Crippen LogP) is 0.851. The van der Waals surface area contributed by atoms with Gasteiger partial charge < -0.3 is 20.1 Å².